The second-order valence-corrected chi connectivity index (χ2v) is 3.48. The molecule has 0 radical (unpaired) electrons. The first kappa shape index (κ1) is 13.3. The number of rotatable bonds is 5. The summed E-state index contributed by atoms with van der Waals surface area (Å²) in [7, 11) is 0. The molecule has 0 heterocycles. The van der Waals surface area contributed by atoms with Crippen molar-refractivity contribution in [2.45, 2.75) is 0 Å². The van der Waals surface area contributed by atoms with E-state index in [-0.39, 0.29) is 43.3 Å². The molecule has 1 amide bonds. The van der Waals surface area contributed by atoms with Crippen LogP contribution in [0.2, 0.25) is 0 Å². The van der Waals surface area contributed by atoms with Gasteiger partial charge in [0, 0.05) is 13.1 Å². The first-order valence-electron chi connectivity index (χ1n) is 5.20. The van der Waals surface area contributed by atoms with Gasteiger partial charge in [-0.15, -0.1) is 0 Å². The molecule has 6 heteroatoms. The van der Waals surface area contributed by atoms with Crippen molar-refractivity contribution in [1.82, 2.24) is 4.90 Å². The van der Waals surface area contributed by atoms with Crippen LogP contribution in [0.1, 0.15) is 10.4 Å². The van der Waals surface area contributed by atoms with E-state index < -0.39 is 5.91 Å². The maximum Gasteiger partial charge on any atom is 0.257 e. The van der Waals surface area contributed by atoms with E-state index in [0.717, 1.165) is 0 Å². The third-order valence-electron chi connectivity index (χ3n) is 2.32. The molecule has 0 fully saturated rings. The summed E-state index contributed by atoms with van der Waals surface area (Å²) in [6.07, 6.45) is 0. The minimum atomic E-state index is -0.474. The van der Waals surface area contributed by atoms with Gasteiger partial charge in [0.2, 0.25) is 0 Å². The van der Waals surface area contributed by atoms with Crippen molar-refractivity contribution in [3.05, 3.63) is 23.8 Å². The molecule has 0 saturated heterocycles. The Bertz CT molecular complexity index is 389. The van der Waals surface area contributed by atoms with E-state index >= 15 is 0 Å². The SMILES string of the molecule is Nc1cccc(C(=O)N(CCO)CCO)c1O. The highest BCUT2D eigenvalue weighted by Gasteiger charge is 2.19. The van der Waals surface area contributed by atoms with Gasteiger partial charge in [0.25, 0.3) is 5.91 Å². The third kappa shape index (κ3) is 3.08. The zero-order valence-corrected chi connectivity index (χ0v) is 9.33. The molecule has 0 spiro atoms. The van der Waals surface area contributed by atoms with Crippen molar-refractivity contribution in [2.24, 2.45) is 0 Å². The number of benzene rings is 1. The predicted molar refractivity (Wildman–Crippen MR) is 62.6 cm³/mol. The number of carbonyl (C=O) groups excluding carboxylic acids is 1. The van der Waals surface area contributed by atoms with Crippen LogP contribution in [0.5, 0.6) is 5.75 Å². The highest BCUT2D eigenvalue weighted by Crippen LogP contribution is 2.25. The largest absolute Gasteiger partial charge is 0.505 e. The molecule has 94 valence electrons. The van der Waals surface area contributed by atoms with Crippen molar-refractivity contribution < 1.29 is 20.1 Å². The third-order valence-corrected chi connectivity index (χ3v) is 2.32. The molecule has 1 aromatic carbocycles. The Morgan fingerprint density at radius 1 is 1.24 bits per heavy atom. The Labute approximate surface area is 98.9 Å². The maximum absolute atomic E-state index is 12.0. The number of nitrogens with two attached hydrogens (primary N) is 1. The molecule has 6 nitrogen and oxygen atoms in total. The smallest absolute Gasteiger partial charge is 0.257 e. The van der Waals surface area contributed by atoms with Crippen LogP contribution in [0.4, 0.5) is 5.69 Å². The summed E-state index contributed by atoms with van der Waals surface area (Å²) in [6.45, 7) is -0.245. The van der Waals surface area contributed by atoms with E-state index in [9.17, 15) is 9.90 Å². The topological polar surface area (TPSA) is 107 Å². The Kier molecular flexibility index (Phi) is 4.74. The summed E-state index contributed by atoms with van der Waals surface area (Å²) in [4.78, 5) is 13.2. The van der Waals surface area contributed by atoms with Gasteiger partial charge in [-0.1, -0.05) is 6.07 Å². The fourth-order valence-electron chi connectivity index (χ4n) is 1.46. The second kappa shape index (κ2) is 6.07. The molecular weight excluding hydrogens is 224 g/mol. The van der Waals surface area contributed by atoms with Crippen molar-refractivity contribution in [3.8, 4) is 5.75 Å². The molecule has 0 atom stereocenters. The highest BCUT2D eigenvalue weighted by atomic mass is 16.3. The number of amides is 1. The first-order chi connectivity index (χ1) is 8.11. The van der Waals surface area contributed by atoms with Crippen LogP contribution in [0.15, 0.2) is 18.2 Å². The molecule has 0 bridgehead atoms. The molecular formula is C11H16N2O4. The minimum Gasteiger partial charge on any atom is -0.505 e. The fraction of sp³-hybridized carbons (Fsp3) is 0.364. The van der Waals surface area contributed by atoms with E-state index in [1.165, 1.54) is 17.0 Å². The summed E-state index contributed by atoms with van der Waals surface area (Å²) >= 11 is 0. The zero-order valence-electron chi connectivity index (χ0n) is 9.33. The average Bonchev–Trinajstić information content (AvgIpc) is 2.31. The fourth-order valence-corrected chi connectivity index (χ4v) is 1.46. The number of nitrogens with zero attached hydrogens (tertiary/aromatic N) is 1. The normalized spacial score (nSPS) is 10.2. The van der Waals surface area contributed by atoms with Crippen LogP contribution in [0.25, 0.3) is 0 Å². The first-order valence-corrected chi connectivity index (χ1v) is 5.20. The van der Waals surface area contributed by atoms with E-state index in [0.29, 0.717) is 0 Å². The summed E-state index contributed by atoms with van der Waals surface area (Å²) in [5.74, 6) is -0.753. The number of aliphatic hydroxyl groups excluding tert-OH is 2. The van der Waals surface area contributed by atoms with Gasteiger partial charge in [-0.25, -0.2) is 0 Å². The monoisotopic (exact) mass is 240 g/mol. The molecule has 17 heavy (non-hydrogen) atoms. The van der Waals surface area contributed by atoms with Gasteiger partial charge in [-0.3, -0.25) is 4.79 Å². The quantitative estimate of drug-likeness (QED) is 0.406. The molecule has 1 rings (SSSR count). The van der Waals surface area contributed by atoms with Gasteiger partial charge >= 0.3 is 0 Å². The number of anilines is 1. The number of aromatic hydroxyl groups is 1. The van der Waals surface area contributed by atoms with Crippen LogP contribution >= 0.6 is 0 Å². The molecule has 0 saturated carbocycles. The van der Waals surface area contributed by atoms with Gasteiger partial charge in [0.15, 0.2) is 5.75 Å². The zero-order chi connectivity index (χ0) is 12.8. The van der Waals surface area contributed by atoms with Gasteiger partial charge in [-0.2, -0.15) is 0 Å². The lowest BCUT2D eigenvalue weighted by molar-refractivity contribution is 0.0682. The number of para-hydroxylation sites is 1. The molecule has 0 aromatic heterocycles. The van der Waals surface area contributed by atoms with Crippen LogP contribution in [-0.4, -0.2) is 52.4 Å². The molecule has 0 aliphatic heterocycles. The van der Waals surface area contributed by atoms with E-state index in [1.54, 1.807) is 6.07 Å². The van der Waals surface area contributed by atoms with Crippen LogP contribution in [0.3, 0.4) is 0 Å². The van der Waals surface area contributed by atoms with Crippen LogP contribution in [-0.2, 0) is 0 Å². The second-order valence-electron chi connectivity index (χ2n) is 3.48. The molecule has 0 aliphatic carbocycles. The number of nitrogen functional groups attached to an aromatic ring is 1. The summed E-state index contributed by atoms with van der Waals surface area (Å²) < 4.78 is 0. The number of phenolic OH excluding ortho intramolecular Hbond substituents is 1. The molecule has 0 aliphatic rings. The van der Waals surface area contributed by atoms with Gasteiger partial charge in [0.05, 0.1) is 24.5 Å². The number of hydrogen-bond acceptors (Lipinski definition) is 5. The summed E-state index contributed by atoms with van der Waals surface area (Å²) in [6, 6.07) is 4.47. The van der Waals surface area contributed by atoms with Gasteiger partial charge < -0.3 is 26.0 Å². The van der Waals surface area contributed by atoms with E-state index in [4.69, 9.17) is 15.9 Å². The number of carbonyl (C=O) groups is 1. The predicted octanol–water partition coefficient (Wildman–Crippen LogP) is -0.599. The van der Waals surface area contributed by atoms with Crippen LogP contribution in [0, 0.1) is 0 Å². The highest BCUT2D eigenvalue weighted by molar-refractivity contribution is 5.98. The summed E-state index contributed by atoms with van der Waals surface area (Å²) in [5.41, 5.74) is 5.66. The summed E-state index contributed by atoms with van der Waals surface area (Å²) in [5, 5.41) is 27.3. The lowest BCUT2D eigenvalue weighted by atomic mass is 10.1. The molecule has 1 aromatic rings. The van der Waals surface area contributed by atoms with E-state index in [1.807, 2.05) is 0 Å². The number of phenols is 1. The van der Waals surface area contributed by atoms with Gasteiger partial charge in [0.1, 0.15) is 0 Å². The van der Waals surface area contributed by atoms with Crippen molar-refractivity contribution in [1.29, 1.82) is 0 Å². The minimum absolute atomic E-state index is 0.0619. The average molecular weight is 240 g/mol. The van der Waals surface area contributed by atoms with Gasteiger partial charge in [-0.05, 0) is 12.1 Å². The Hall–Kier alpha value is -1.79. The lowest BCUT2D eigenvalue weighted by Crippen LogP contribution is -2.35. The number of hydrogen-bond donors (Lipinski definition) is 4. The van der Waals surface area contributed by atoms with Crippen molar-refractivity contribution in [3.63, 3.8) is 0 Å². The van der Waals surface area contributed by atoms with Crippen LogP contribution < -0.4 is 5.73 Å². The molecule has 0 unspecified atom stereocenters. The molecule has 5 N–H and O–H groups in total. The Balaban J connectivity index is 2.96. The Morgan fingerprint density at radius 3 is 2.35 bits per heavy atom. The van der Waals surface area contributed by atoms with Crippen molar-refractivity contribution in [2.75, 3.05) is 32.0 Å². The maximum atomic E-state index is 12.0. The Morgan fingerprint density at radius 2 is 1.82 bits per heavy atom. The lowest BCUT2D eigenvalue weighted by Gasteiger charge is -2.21. The van der Waals surface area contributed by atoms with Crippen molar-refractivity contribution >= 4 is 11.6 Å². The standard InChI is InChI=1S/C11H16N2O4/c12-9-3-1-2-8(10(9)16)11(17)13(4-6-14)5-7-15/h1-3,14-16H,4-7,12H2. The van der Waals surface area contributed by atoms with E-state index in [2.05, 4.69) is 0 Å². The number of aliphatic hydroxyl groups is 2.